The topological polar surface area (TPSA) is 103 Å². The van der Waals surface area contributed by atoms with E-state index in [-0.39, 0.29) is 0 Å². The Morgan fingerprint density at radius 2 is 2.30 bits per heavy atom. The first-order chi connectivity index (χ1) is 9.61. The largest absolute Gasteiger partial charge is 0.462 e. The summed E-state index contributed by atoms with van der Waals surface area (Å²) in [6.45, 7) is 4.12. The van der Waals surface area contributed by atoms with Crippen LogP contribution in [0.5, 0.6) is 0 Å². The molecule has 0 aliphatic carbocycles. The second kappa shape index (κ2) is 6.05. The molecule has 0 unspecified atom stereocenters. The van der Waals surface area contributed by atoms with Crippen LogP contribution in [0.25, 0.3) is 0 Å². The van der Waals surface area contributed by atoms with E-state index in [4.69, 9.17) is 15.0 Å². The van der Waals surface area contributed by atoms with Gasteiger partial charge in [0.15, 0.2) is 5.82 Å². The van der Waals surface area contributed by atoms with E-state index in [2.05, 4.69) is 15.5 Å². The minimum absolute atomic E-state index is 0.304. The van der Waals surface area contributed by atoms with E-state index in [9.17, 15) is 4.79 Å². The number of nitrogens with one attached hydrogen (secondary N) is 1. The van der Waals surface area contributed by atoms with Gasteiger partial charge in [-0.25, -0.2) is 4.79 Å². The molecule has 0 amide bonds. The van der Waals surface area contributed by atoms with Crippen LogP contribution in [0.15, 0.2) is 22.7 Å². The van der Waals surface area contributed by atoms with Crippen molar-refractivity contribution >= 4 is 17.3 Å². The van der Waals surface area contributed by atoms with E-state index in [0.717, 1.165) is 0 Å². The van der Waals surface area contributed by atoms with Gasteiger partial charge in [0, 0.05) is 6.92 Å². The van der Waals surface area contributed by atoms with Crippen molar-refractivity contribution in [1.82, 2.24) is 10.1 Å². The van der Waals surface area contributed by atoms with Crippen LogP contribution in [-0.4, -0.2) is 22.7 Å². The summed E-state index contributed by atoms with van der Waals surface area (Å²) in [5.41, 5.74) is 7.25. The number of nitrogens with zero attached hydrogens (tertiary/aromatic N) is 2. The summed E-state index contributed by atoms with van der Waals surface area (Å²) in [6.07, 6.45) is 0. The van der Waals surface area contributed by atoms with Gasteiger partial charge in [-0.3, -0.25) is 0 Å². The Morgan fingerprint density at radius 1 is 1.50 bits per heavy atom. The van der Waals surface area contributed by atoms with Gasteiger partial charge in [0.05, 0.1) is 30.1 Å². The van der Waals surface area contributed by atoms with E-state index in [1.807, 2.05) is 0 Å². The van der Waals surface area contributed by atoms with Crippen LogP contribution in [-0.2, 0) is 11.3 Å². The standard InChI is InChI=1S/C13H16N4O3/c1-3-19-13(18)9-5-4-6-10(12(9)14)15-7-11-16-8(2)20-17-11/h4-6,15H,3,7,14H2,1-2H3. The molecular formula is C13H16N4O3. The van der Waals surface area contributed by atoms with Gasteiger partial charge in [0.25, 0.3) is 0 Å². The van der Waals surface area contributed by atoms with Gasteiger partial charge in [-0.1, -0.05) is 11.2 Å². The summed E-state index contributed by atoms with van der Waals surface area (Å²) in [6, 6.07) is 5.12. The minimum atomic E-state index is -0.441. The molecule has 0 atom stereocenters. The predicted molar refractivity (Wildman–Crippen MR) is 73.2 cm³/mol. The smallest absolute Gasteiger partial charge is 0.340 e. The maximum atomic E-state index is 11.7. The number of nitrogen functional groups attached to an aromatic ring is 1. The van der Waals surface area contributed by atoms with E-state index in [0.29, 0.717) is 41.8 Å². The summed E-state index contributed by atoms with van der Waals surface area (Å²) >= 11 is 0. The molecule has 0 saturated carbocycles. The Morgan fingerprint density at radius 3 is 2.95 bits per heavy atom. The molecule has 7 nitrogen and oxygen atoms in total. The molecule has 0 spiro atoms. The van der Waals surface area contributed by atoms with Crippen molar-refractivity contribution in [3.05, 3.63) is 35.5 Å². The first kappa shape index (κ1) is 13.9. The number of hydrogen-bond donors (Lipinski definition) is 2. The highest BCUT2D eigenvalue weighted by Gasteiger charge is 2.13. The average Bonchev–Trinajstić information content (AvgIpc) is 2.83. The third-order valence-corrected chi connectivity index (χ3v) is 2.61. The van der Waals surface area contributed by atoms with Crippen LogP contribution < -0.4 is 11.1 Å². The van der Waals surface area contributed by atoms with Crippen LogP contribution in [0.1, 0.15) is 29.0 Å². The first-order valence-corrected chi connectivity index (χ1v) is 6.20. The van der Waals surface area contributed by atoms with E-state index >= 15 is 0 Å². The molecule has 106 valence electrons. The molecular weight excluding hydrogens is 260 g/mol. The van der Waals surface area contributed by atoms with Gasteiger partial charge in [0.2, 0.25) is 5.89 Å². The summed E-state index contributed by atoms with van der Waals surface area (Å²) in [4.78, 5) is 15.8. The van der Waals surface area contributed by atoms with Crippen molar-refractivity contribution in [2.75, 3.05) is 17.7 Å². The zero-order valence-electron chi connectivity index (χ0n) is 11.3. The van der Waals surface area contributed by atoms with Crippen LogP contribution in [0, 0.1) is 6.92 Å². The van der Waals surface area contributed by atoms with E-state index in [1.54, 1.807) is 32.0 Å². The lowest BCUT2D eigenvalue weighted by molar-refractivity contribution is 0.0527. The van der Waals surface area contributed by atoms with Gasteiger partial charge < -0.3 is 20.3 Å². The zero-order valence-corrected chi connectivity index (χ0v) is 11.3. The first-order valence-electron chi connectivity index (χ1n) is 6.20. The van der Waals surface area contributed by atoms with E-state index < -0.39 is 5.97 Å². The molecule has 2 aromatic rings. The lowest BCUT2D eigenvalue weighted by atomic mass is 10.1. The van der Waals surface area contributed by atoms with Gasteiger partial charge >= 0.3 is 5.97 Å². The summed E-state index contributed by atoms with van der Waals surface area (Å²) in [5.74, 6) is 0.572. The van der Waals surface area contributed by atoms with Crippen molar-refractivity contribution in [3.63, 3.8) is 0 Å². The number of ether oxygens (including phenoxy) is 1. The Balaban J connectivity index is 2.12. The lowest BCUT2D eigenvalue weighted by Gasteiger charge is -2.11. The number of anilines is 2. The van der Waals surface area contributed by atoms with Crippen molar-refractivity contribution in [1.29, 1.82) is 0 Å². The number of aryl methyl sites for hydroxylation is 1. The minimum Gasteiger partial charge on any atom is -0.462 e. The number of benzene rings is 1. The van der Waals surface area contributed by atoms with Crippen molar-refractivity contribution in [2.45, 2.75) is 20.4 Å². The highest BCUT2D eigenvalue weighted by atomic mass is 16.5. The van der Waals surface area contributed by atoms with Crippen LogP contribution >= 0.6 is 0 Å². The fourth-order valence-electron chi connectivity index (χ4n) is 1.69. The van der Waals surface area contributed by atoms with Gasteiger partial charge in [0.1, 0.15) is 0 Å². The molecule has 1 aromatic heterocycles. The lowest BCUT2D eigenvalue weighted by Crippen LogP contribution is -2.11. The van der Waals surface area contributed by atoms with Crippen molar-refractivity contribution in [2.24, 2.45) is 0 Å². The monoisotopic (exact) mass is 276 g/mol. The number of rotatable bonds is 5. The summed E-state index contributed by atoms with van der Waals surface area (Å²) < 4.78 is 9.81. The normalized spacial score (nSPS) is 10.3. The molecule has 0 aliphatic heterocycles. The number of nitrogens with two attached hydrogens (primary N) is 1. The molecule has 0 fully saturated rings. The molecule has 1 heterocycles. The number of carbonyl (C=O) groups excluding carboxylic acids is 1. The SMILES string of the molecule is CCOC(=O)c1cccc(NCc2noc(C)n2)c1N. The zero-order chi connectivity index (χ0) is 14.5. The molecule has 7 heteroatoms. The summed E-state index contributed by atoms with van der Waals surface area (Å²) in [5, 5.41) is 6.83. The van der Waals surface area contributed by atoms with Crippen molar-refractivity contribution in [3.8, 4) is 0 Å². The number of esters is 1. The Bertz CT molecular complexity index is 609. The fourth-order valence-corrected chi connectivity index (χ4v) is 1.69. The number of hydrogen-bond acceptors (Lipinski definition) is 7. The summed E-state index contributed by atoms with van der Waals surface area (Å²) in [7, 11) is 0. The number of para-hydroxylation sites is 1. The van der Waals surface area contributed by atoms with Gasteiger partial charge in [-0.2, -0.15) is 4.98 Å². The maximum Gasteiger partial charge on any atom is 0.340 e. The third kappa shape index (κ3) is 3.05. The van der Waals surface area contributed by atoms with Crippen LogP contribution in [0.2, 0.25) is 0 Å². The Hall–Kier alpha value is -2.57. The Labute approximate surface area is 116 Å². The fraction of sp³-hybridized carbons (Fsp3) is 0.308. The highest BCUT2D eigenvalue weighted by molar-refractivity contribution is 5.98. The van der Waals surface area contributed by atoms with Crippen molar-refractivity contribution < 1.29 is 14.1 Å². The highest BCUT2D eigenvalue weighted by Crippen LogP contribution is 2.23. The second-order valence-corrected chi connectivity index (χ2v) is 4.07. The van der Waals surface area contributed by atoms with Gasteiger partial charge in [-0.15, -0.1) is 0 Å². The van der Waals surface area contributed by atoms with Gasteiger partial charge in [-0.05, 0) is 19.1 Å². The number of carbonyl (C=O) groups is 1. The molecule has 2 rings (SSSR count). The molecule has 0 radical (unpaired) electrons. The second-order valence-electron chi connectivity index (χ2n) is 4.07. The average molecular weight is 276 g/mol. The molecule has 1 aromatic carbocycles. The molecule has 0 aliphatic rings. The van der Waals surface area contributed by atoms with Crippen LogP contribution in [0.3, 0.4) is 0 Å². The number of aromatic nitrogens is 2. The quantitative estimate of drug-likeness (QED) is 0.633. The molecule has 3 N–H and O–H groups in total. The molecule has 0 bridgehead atoms. The van der Waals surface area contributed by atoms with Crippen LogP contribution in [0.4, 0.5) is 11.4 Å². The predicted octanol–water partition coefficient (Wildman–Crippen LogP) is 1.75. The molecule has 20 heavy (non-hydrogen) atoms. The third-order valence-electron chi connectivity index (χ3n) is 2.61. The maximum absolute atomic E-state index is 11.7. The Kier molecular flexibility index (Phi) is 4.19. The molecule has 0 saturated heterocycles. The van der Waals surface area contributed by atoms with E-state index in [1.165, 1.54) is 0 Å².